The van der Waals surface area contributed by atoms with E-state index in [4.69, 9.17) is 4.74 Å². The lowest BCUT2D eigenvalue weighted by Gasteiger charge is -2.25. The number of hydrogen-bond acceptors (Lipinski definition) is 4. The maximum atomic E-state index is 12.3. The van der Waals surface area contributed by atoms with Crippen LogP contribution in [0.3, 0.4) is 0 Å². The second kappa shape index (κ2) is 10.7. The molecule has 1 fully saturated rings. The van der Waals surface area contributed by atoms with Crippen molar-refractivity contribution in [3.8, 4) is 0 Å². The van der Waals surface area contributed by atoms with E-state index >= 15 is 0 Å². The fourth-order valence-electron chi connectivity index (χ4n) is 3.91. The molecule has 2 aliphatic rings. The van der Waals surface area contributed by atoms with Gasteiger partial charge in [0.2, 0.25) is 5.91 Å². The number of hydrogen-bond donors (Lipinski definition) is 0. The zero-order valence-electron chi connectivity index (χ0n) is 16.8. The van der Waals surface area contributed by atoms with Crippen LogP contribution in [0.15, 0.2) is 35.9 Å². The summed E-state index contributed by atoms with van der Waals surface area (Å²) in [7, 11) is 0. The van der Waals surface area contributed by atoms with Gasteiger partial charge in [0.25, 0.3) is 0 Å². The third-order valence-electron chi connectivity index (χ3n) is 5.51. The highest BCUT2D eigenvalue weighted by Crippen LogP contribution is 2.30. The van der Waals surface area contributed by atoms with E-state index in [2.05, 4.69) is 11.0 Å². The van der Waals surface area contributed by atoms with Gasteiger partial charge in [0.15, 0.2) is 0 Å². The molecule has 1 aromatic carbocycles. The van der Waals surface area contributed by atoms with Crippen molar-refractivity contribution in [2.24, 2.45) is 0 Å². The van der Waals surface area contributed by atoms with Crippen LogP contribution in [0.2, 0.25) is 0 Å². The van der Waals surface area contributed by atoms with Gasteiger partial charge in [0.1, 0.15) is 0 Å². The molecule has 0 N–H and O–H groups in total. The number of carbonyl (C=O) groups is 2. The molecule has 5 heteroatoms. The van der Waals surface area contributed by atoms with Crippen LogP contribution in [0.4, 0.5) is 0 Å². The zero-order valence-corrected chi connectivity index (χ0v) is 17.6. The van der Waals surface area contributed by atoms with Crippen LogP contribution >= 0.6 is 11.8 Å². The summed E-state index contributed by atoms with van der Waals surface area (Å²) in [6, 6.07) is 7.69. The molecule has 1 atom stereocenters. The topological polar surface area (TPSA) is 46.6 Å². The summed E-state index contributed by atoms with van der Waals surface area (Å²) in [5.74, 6) is 0.654. The molecule has 152 valence electrons. The molecule has 28 heavy (non-hydrogen) atoms. The number of aryl methyl sites for hydroxylation is 1. The zero-order chi connectivity index (χ0) is 19.8. The summed E-state index contributed by atoms with van der Waals surface area (Å²) in [4.78, 5) is 26.1. The van der Waals surface area contributed by atoms with Crippen molar-refractivity contribution >= 4 is 23.6 Å². The quantitative estimate of drug-likeness (QED) is 0.433. The molecular formula is C23H31NO3S. The molecule has 0 radical (unpaired) electrons. The van der Waals surface area contributed by atoms with Gasteiger partial charge in [-0.1, -0.05) is 23.8 Å². The maximum Gasteiger partial charge on any atom is 0.338 e. The van der Waals surface area contributed by atoms with Crippen LogP contribution in [0.5, 0.6) is 0 Å². The Morgan fingerprint density at radius 2 is 2.04 bits per heavy atom. The molecule has 1 saturated heterocycles. The minimum Gasteiger partial charge on any atom is -0.462 e. The number of benzene rings is 1. The summed E-state index contributed by atoms with van der Waals surface area (Å²) in [5, 5.41) is 0.315. The maximum absolute atomic E-state index is 12.3. The number of amides is 1. The molecule has 1 aliphatic heterocycles. The van der Waals surface area contributed by atoms with Crippen LogP contribution in [0, 0.1) is 0 Å². The number of ether oxygens (including phenoxy) is 1. The first-order chi connectivity index (χ1) is 13.7. The van der Waals surface area contributed by atoms with Crippen molar-refractivity contribution in [3.05, 3.63) is 47.0 Å². The lowest BCUT2D eigenvalue weighted by atomic mass is 9.97. The van der Waals surface area contributed by atoms with Gasteiger partial charge < -0.3 is 9.64 Å². The summed E-state index contributed by atoms with van der Waals surface area (Å²) in [6.07, 6.45) is 11.5. The monoisotopic (exact) mass is 401 g/mol. The lowest BCUT2D eigenvalue weighted by Crippen LogP contribution is -2.34. The Bertz CT molecular complexity index is 698. The van der Waals surface area contributed by atoms with Crippen LogP contribution in [0.1, 0.15) is 67.8 Å². The van der Waals surface area contributed by atoms with E-state index in [-0.39, 0.29) is 5.97 Å². The number of esters is 1. The number of allylic oxidation sites excluding steroid dienone is 1. The van der Waals surface area contributed by atoms with E-state index in [0.717, 1.165) is 32.2 Å². The number of nitrogens with zero attached hydrogens (tertiary/aromatic N) is 1. The highest BCUT2D eigenvalue weighted by Gasteiger charge is 2.30. The van der Waals surface area contributed by atoms with Crippen molar-refractivity contribution in [2.75, 3.05) is 18.9 Å². The van der Waals surface area contributed by atoms with E-state index in [9.17, 15) is 9.59 Å². The summed E-state index contributed by atoms with van der Waals surface area (Å²) >= 11 is 1.79. The van der Waals surface area contributed by atoms with Crippen LogP contribution in [-0.2, 0) is 16.0 Å². The predicted octanol–water partition coefficient (Wildman–Crippen LogP) is 4.98. The Balaban J connectivity index is 1.44. The van der Waals surface area contributed by atoms with Crippen molar-refractivity contribution < 1.29 is 14.3 Å². The van der Waals surface area contributed by atoms with Gasteiger partial charge >= 0.3 is 5.97 Å². The van der Waals surface area contributed by atoms with Gasteiger partial charge in [-0.25, -0.2) is 4.79 Å². The smallest absolute Gasteiger partial charge is 0.338 e. The number of carbonyl (C=O) groups excluding carboxylic acids is 2. The first-order valence-corrected chi connectivity index (χ1v) is 11.6. The Morgan fingerprint density at radius 3 is 2.75 bits per heavy atom. The van der Waals surface area contributed by atoms with E-state index in [1.54, 1.807) is 11.8 Å². The van der Waals surface area contributed by atoms with E-state index < -0.39 is 0 Å². The predicted molar refractivity (Wildman–Crippen MR) is 114 cm³/mol. The minimum absolute atomic E-state index is 0.265. The highest BCUT2D eigenvalue weighted by molar-refractivity contribution is 8.00. The molecule has 0 bridgehead atoms. The molecule has 3 rings (SSSR count). The molecule has 4 nitrogen and oxygen atoms in total. The van der Waals surface area contributed by atoms with E-state index in [1.165, 1.54) is 36.8 Å². The Kier molecular flexibility index (Phi) is 8.01. The van der Waals surface area contributed by atoms with Crippen LogP contribution < -0.4 is 0 Å². The molecular weight excluding hydrogens is 370 g/mol. The molecule has 0 saturated carbocycles. The van der Waals surface area contributed by atoms with Gasteiger partial charge in [-0.2, -0.15) is 0 Å². The summed E-state index contributed by atoms with van der Waals surface area (Å²) in [5.41, 5.74) is 3.36. The first kappa shape index (κ1) is 21.0. The molecule has 1 aliphatic carbocycles. The fourth-order valence-corrected chi connectivity index (χ4v) is 5.14. The summed E-state index contributed by atoms with van der Waals surface area (Å²) < 4.78 is 5.02. The van der Waals surface area contributed by atoms with Crippen molar-refractivity contribution in [2.45, 2.75) is 63.7 Å². The van der Waals surface area contributed by atoms with Gasteiger partial charge in [0, 0.05) is 6.54 Å². The third kappa shape index (κ3) is 5.87. The average molecular weight is 402 g/mol. The Morgan fingerprint density at radius 1 is 1.21 bits per heavy atom. The van der Waals surface area contributed by atoms with Gasteiger partial charge in [-0.3, -0.25) is 4.79 Å². The molecule has 1 heterocycles. The normalized spacial score (nSPS) is 19.6. The van der Waals surface area contributed by atoms with Gasteiger partial charge in [-0.05, 0) is 76.0 Å². The molecule has 0 aromatic heterocycles. The molecule has 1 aromatic rings. The molecule has 1 unspecified atom stereocenters. The first-order valence-electron chi connectivity index (χ1n) is 10.5. The largest absolute Gasteiger partial charge is 0.462 e. The van der Waals surface area contributed by atoms with Crippen molar-refractivity contribution in [1.29, 1.82) is 0 Å². The lowest BCUT2D eigenvalue weighted by molar-refractivity contribution is -0.128. The second-order valence-electron chi connectivity index (χ2n) is 7.52. The third-order valence-corrected chi connectivity index (χ3v) is 6.80. The van der Waals surface area contributed by atoms with E-state index in [0.29, 0.717) is 29.2 Å². The fraction of sp³-hybridized carbons (Fsp3) is 0.565. The van der Waals surface area contributed by atoms with Crippen molar-refractivity contribution in [3.63, 3.8) is 0 Å². The number of rotatable bonds is 9. The molecule has 0 spiro atoms. The van der Waals surface area contributed by atoms with Gasteiger partial charge in [-0.15, -0.1) is 11.8 Å². The molecule has 1 amide bonds. The van der Waals surface area contributed by atoms with Gasteiger partial charge in [0.05, 0.1) is 23.3 Å². The van der Waals surface area contributed by atoms with E-state index in [1.807, 2.05) is 31.2 Å². The Hall–Kier alpha value is -1.75. The van der Waals surface area contributed by atoms with Crippen molar-refractivity contribution in [1.82, 2.24) is 4.90 Å². The number of thioether (sulfide) groups is 1. The average Bonchev–Trinajstić information content (AvgIpc) is 3.07. The minimum atomic E-state index is -0.265. The second-order valence-corrected chi connectivity index (χ2v) is 8.69. The summed E-state index contributed by atoms with van der Waals surface area (Å²) in [6.45, 7) is 3.08. The SMILES string of the molecule is CCOC(=O)c1ccc(CCCC2SCC(=O)N2CCC2=CCCCC2)cc1. The highest BCUT2D eigenvalue weighted by atomic mass is 32.2. The van der Waals surface area contributed by atoms with Crippen LogP contribution in [0.25, 0.3) is 0 Å². The standard InChI is InChI=1S/C23H31NO3S/c1-2-27-23(26)20-13-11-19(12-14-20)9-6-10-22-24(21(25)17-28-22)16-15-18-7-4-3-5-8-18/h7,11-14,22H,2-6,8-10,15-17H2,1H3. The van der Waals surface area contributed by atoms with Crippen LogP contribution in [-0.4, -0.2) is 41.1 Å². The Labute approximate surface area is 172 Å².